The minimum absolute atomic E-state index is 0.0352. The van der Waals surface area contributed by atoms with E-state index in [9.17, 15) is 26.4 Å². The molecule has 0 spiro atoms. The van der Waals surface area contributed by atoms with E-state index in [0.29, 0.717) is 29.0 Å². The van der Waals surface area contributed by atoms with Crippen molar-refractivity contribution in [1.29, 1.82) is 0 Å². The van der Waals surface area contributed by atoms with Crippen LogP contribution in [0.5, 0.6) is 0 Å². The SMILES string of the molecule is CCc1nc2cc(N)c(Cl)cn2c1C(=O)NCc1ccc(-c2nc3n(n2)CCN(S(=O)(=O)C(F)(F)F)C3)c(F)c1. The number of pyridine rings is 1. The van der Waals surface area contributed by atoms with Gasteiger partial charge in [-0.15, -0.1) is 0 Å². The number of aromatic nitrogens is 5. The number of halogens is 5. The van der Waals surface area contributed by atoms with Crippen LogP contribution in [0.2, 0.25) is 5.02 Å². The van der Waals surface area contributed by atoms with Crippen LogP contribution in [0.25, 0.3) is 17.0 Å². The molecule has 0 radical (unpaired) electrons. The van der Waals surface area contributed by atoms with E-state index < -0.39 is 40.3 Å². The standard InChI is InChI=1S/C23H21ClF4N8O3S/c1-2-17-20(35-10-14(24)16(29)8-18(35)31-17)22(37)30-9-12-3-4-13(15(25)7-12)21-32-19-11-34(5-6-36(19)33-21)40(38,39)23(26,27)28/h3-4,7-8,10H,2,5-6,9,11,29H2,1H3,(H,30,37). The van der Waals surface area contributed by atoms with E-state index in [1.54, 1.807) is 6.07 Å². The second kappa shape index (κ2) is 10.0. The number of carbonyl (C=O) groups excluding carboxylic acids is 1. The van der Waals surface area contributed by atoms with Crippen molar-refractivity contribution in [3.63, 3.8) is 0 Å². The van der Waals surface area contributed by atoms with Gasteiger partial charge in [0.25, 0.3) is 5.91 Å². The Hall–Kier alpha value is -3.76. The average molecular weight is 601 g/mol. The van der Waals surface area contributed by atoms with Gasteiger partial charge >= 0.3 is 15.5 Å². The fourth-order valence-corrected chi connectivity index (χ4v) is 5.36. The molecule has 0 fully saturated rings. The number of carbonyl (C=O) groups is 1. The molecule has 4 aromatic rings. The Bertz CT molecular complexity index is 1750. The number of nitrogen functional groups attached to an aromatic ring is 1. The van der Waals surface area contributed by atoms with E-state index in [2.05, 4.69) is 20.4 Å². The van der Waals surface area contributed by atoms with Gasteiger partial charge in [-0.05, 0) is 24.1 Å². The number of alkyl halides is 3. The molecule has 1 aliphatic rings. The highest BCUT2D eigenvalue weighted by Crippen LogP contribution is 2.30. The number of hydrogen-bond donors (Lipinski definition) is 2. The molecular formula is C23H21ClF4N8O3S. The Morgan fingerprint density at radius 2 is 1.95 bits per heavy atom. The van der Waals surface area contributed by atoms with Gasteiger partial charge in [0.05, 0.1) is 35.1 Å². The third-order valence-corrected chi connectivity index (χ3v) is 8.24. The molecule has 0 unspecified atom stereocenters. The zero-order valence-corrected chi connectivity index (χ0v) is 22.3. The van der Waals surface area contributed by atoms with Gasteiger partial charge in [0.15, 0.2) is 5.82 Å². The van der Waals surface area contributed by atoms with Crippen LogP contribution < -0.4 is 11.1 Å². The van der Waals surface area contributed by atoms with Gasteiger partial charge in [-0.25, -0.2) is 27.5 Å². The minimum atomic E-state index is -5.54. The first kappa shape index (κ1) is 27.8. The molecule has 1 amide bonds. The number of nitrogens with zero attached hydrogens (tertiary/aromatic N) is 6. The predicted molar refractivity (Wildman–Crippen MR) is 136 cm³/mol. The van der Waals surface area contributed by atoms with Crippen LogP contribution in [0.1, 0.15) is 34.5 Å². The summed E-state index contributed by atoms with van der Waals surface area (Å²) in [6, 6.07) is 5.63. The normalized spacial score (nSPS) is 14.4. The summed E-state index contributed by atoms with van der Waals surface area (Å²) in [6.45, 7) is 0.523. The smallest absolute Gasteiger partial charge is 0.397 e. The monoisotopic (exact) mass is 600 g/mol. The highest BCUT2D eigenvalue weighted by atomic mass is 35.5. The van der Waals surface area contributed by atoms with Crippen molar-refractivity contribution in [1.82, 2.24) is 33.8 Å². The Morgan fingerprint density at radius 3 is 2.62 bits per heavy atom. The zero-order valence-electron chi connectivity index (χ0n) is 20.7. The fraction of sp³-hybridized carbons (Fsp3) is 0.304. The molecule has 40 heavy (non-hydrogen) atoms. The van der Waals surface area contributed by atoms with E-state index in [1.165, 1.54) is 33.5 Å². The van der Waals surface area contributed by atoms with Crippen molar-refractivity contribution in [2.45, 2.75) is 38.5 Å². The highest BCUT2D eigenvalue weighted by molar-refractivity contribution is 7.89. The maximum absolute atomic E-state index is 15.0. The summed E-state index contributed by atoms with van der Waals surface area (Å²) < 4.78 is 80.3. The molecule has 0 saturated heterocycles. The van der Waals surface area contributed by atoms with Crippen molar-refractivity contribution >= 4 is 38.9 Å². The summed E-state index contributed by atoms with van der Waals surface area (Å²) in [7, 11) is -5.54. The van der Waals surface area contributed by atoms with Gasteiger partial charge in [0.2, 0.25) is 0 Å². The van der Waals surface area contributed by atoms with E-state index >= 15 is 4.39 Å². The summed E-state index contributed by atoms with van der Waals surface area (Å²) in [5.41, 5.74) is 2.33. The quantitative estimate of drug-likeness (QED) is 0.324. The first-order valence-corrected chi connectivity index (χ1v) is 13.6. The fourth-order valence-electron chi connectivity index (χ4n) is 4.31. The van der Waals surface area contributed by atoms with Crippen molar-refractivity contribution in [2.75, 3.05) is 12.3 Å². The zero-order chi connectivity index (χ0) is 29.0. The second-order valence-corrected chi connectivity index (χ2v) is 11.3. The number of benzene rings is 1. The Balaban J connectivity index is 1.32. The Morgan fingerprint density at radius 1 is 1.20 bits per heavy atom. The largest absolute Gasteiger partial charge is 0.511 e. The summed E-state index contributed by atoms with van der Waals surface area (Å²) in [5.74, 6) is -1.35. The molecule has 5 rings (SSSR count). The number of amides is 1. The first-order chi connectivity index (χ1) is 18.8. The van der Waals surface area contributed by atoms with E-state index in [0.717, 1.165) is 0 Å². The summed E-state index contributed by atoms with van der Waals surface area (Å²) in [5, 5.41) is 7.11. The Labute approximate surface area is 229 Å². The molecule has 212 valence electrons. The predicted octanol–water partition coefficient (Wildman–Crippen LogP) is 3.13. The van der Waals surface area contributed by atoms with Crippen LogP contribution in [-0.2, 0) is 36.1 Å². The molecule has 0 atom stereocenters. The van der Waals surface area contributed by atoms with Gasteiger partial charge in [0.1, 0.15) is 23.0 Å². The molecule has 1 aliphatic heterocycles. The molecule has 3 N–H and O–H groups in total. The van der Waals surface area contributed by atoms with Crippen molar-refractivity contribution in [2.24, 2.45) is 0 Å². The number of sulfonamides is 1. The molecule has 0 aliphatic carbocycles. The van der Waals surface area contributed by atoms with Crippen LogP contribution in [0.15, 0.2) is 30.5 Å². The number of imidazole rings is 1. The van der Waals surface area contributed by atoms with Crippen molar-refractivity contribution in [3.8, 4) is 11.4 Å². The second-order valence-electron chi connectivity index (χ2n) is 8.92. The van der Waals surface area contributed by atoms with Crippen LogP contribution in [0.3, 0.4) is 0 Å². The van der Waals surface area contributed by atoms with Gasteiger partial charge in [-0.3, -0.25) is 9.20 Å². The number of hydrogen-bond acceptors (Lipinski definition) is 7. The van der Waals surface area contributed by atoms with Gasteiger partial charge < -0.3 is 11.1 Å². The number of anilines is 1. The minimum Gasteiger partial charge on any atom is -0.397 e. The summed E-state index contributed by atoms with van der Waals surface area (Å²) in [4.78, 5) is 21.5. The molecule has 1 aromatic carbocycles. The Kier molecular flexibility index (Phi) is 6.96. The van der Waals surface area contributed by atoms with Crippen LogP contribution in [0.4, 0.5) is 23.2 Å². The molecule has 17 heteroatoms. The van der Waals surface area contributed by atoms with Crippen LogP contribution in [0, 0.1) is 5.82 Å². The van der Waals surface area contributed by atoms with Crippen LogP contribution in [-0.4, -0.2) is 54.8 Å². The van der Waals surface area contributed by atoms with Gasteiger partial charge in [0, 0.05) is 25.4 Å². The lowest BCUT2D eigenvalue weighted by molar-refractivity contribution is -0.0496. The maximum atomic E-state index is 15.0. The summed E-state index contributed by atoms with van der Waals surface area (Å²) >= 11 is 6.12. The third kappa shape index (κ3) is 4.86. The molecular weight excluding hydrogens is 580 g/mol. The lowest BCUT2D eigenvalue weighted by Crippen LogP contribution is -2.44. The number of nitrogens with two attached hydrogens (primary N) is 1. The average Bonchev–Trinajstić information content (AvgIpc) is 3.47. The molecule has 0 saturated carbocycles. The van der Waals surface area contributed by atoms with E-state index in [1.807, 2.05) is 6.92 Å². The first-order valence-electron chi connectivity index (χ1n) is 11.8. The summed E-state index contributed by atoms with van der Waals surface area (Å²) in [6.07, 6.45) is 1.96. The van der Waals surface area contributed by atoms with Crippen molar-refractivity contribution < 1.29 is 30.8 Å². The van der Waals surface area contributed by atoms with E-state index in [-0.39, 0.29) is 45.3 Å². The highest BCUT2D eigenvalue weighted by Gasteiger charge is 2.50. The molecule has 0 bridgehead atoms. The maximum Gasteiger partial charge on any atom is 0.511 e. The van der Waals surface area contributed by atoms with Crippen LogP contribution >= 0.6 is 11.6 Å². The number of fused-ring (bicyclic) bond motifs is 2. The molecule has 4 heterocycles. The molecule has 3 aromatic heterocycles. The number of nitrogens with one attached hydrogen (secondary N) is 1. The molecule has 11 nitrogen and oxygen atoms in total. The number of rotatable bonds is 6. The lowest BCUT2D eigenvalue weighted by atomic mass is 10.1. The van der Waals surface area contributed by atoms with E-state index in [4.69, 9.17) is 17.3 Å². The number of aryl methyl sites for hydroxylation is 1. The van der Waals surface area contributed by atoms with Gasteiger partial charge in [-0.1, -0.05) is 24.6 Å². The van der Waals surface area contributed by atoms with Gasteiger partial charge in [-0.2, -0.15) is 22.6 Å². The lowest BCUT2D eigenvalue weighted by Gasteiger charge is -2.26. The topological polar surface area (TPSA) is 141 Å². The van der Waals surface area contributed by atoms with Crippen molar-refractivity contribution in [3.05, 3.63) is 64.1 Å². The third-order valence-electron chi connectivity index (χ3n) is 6.35.